The van der Waals surface area contributed by atoms with Crippen LogP contribution in [0.15, 0.2) is 24.3 Å². The highest BCUT2D eigenvalue weighted by atomic mass is 19.1. The molecule has 18 heavy (non-hydrogen) atoms. The van der Waals surface area contributed by atoms with Gasteiger partial charge in [-0.25, -0.2) is 9.37 Å². The molecule has 1 aromatic heterocycles. The van der Waals surface area contributed by atoms with E-state index in [1.165, 1.54) is 12.1 Å². The summed E-state index contributed by atoms with van der Waals surface area (Å²) in [4.78, 5) is 15.3. The first-order valence-electron chi connectivity index (χ1n) is 5.85. The minimum atomic E-state index is -0.304. The maximum absolute atomic E-state index is 13.3. The van der Waals surface area contributed by atoms with Crippen molar-refractivity contribution in [3.05, 3.63) is 35.8 Å². The highest BCUT2D eigenvalue weighted by molar-refractivity contribution is 5.82. The van der Waals surface area contributed by atoms with E-state index in [0.717, 1.165) is 31.6 Å². The van der Waals surface area contributed by atoms with E-state index in [4.69, 9.17) is 0 Å². The van der Waals surface area contributed by atoms with Crippen LogP contribution >= 0.6 is 0 Å². The maximum atomic E-state index is 13.3. The number of hydrogen-bond acceptors (Lipinski definition) is 3. The predicted molar refractivity (Wildman–Crippen MR) is 66.1 cm³/mol. The van der Waals surface area contributed by atoms with Gasteiger partial charge in [0.15, 0.2) is 6.29 Å². The lowest BCUT2D eigenvalue weighted by Gasteiger charge is -2.18. The van der Waals surface area contributed by atoms with Crippen LogP contribution in [0.3, 0.4) is 0 Å². The van der Waals surface area contributed by atoms with Crippen molar-refractivity contribution in [2.24, 2.45) is 0 Å². The van der Waals surface area contributed by atoms with Crippen LogP contribution in [-0.2, 0) is 6.54 Å². The number of nitrogens with one attached hydrogen (secondary N) is 1. The van der Waals surface area contributed by atoms with Gasteiger partial charge < -0.3 is 9.88 Å². The molecule has 0 radical (unpaired) electrons. The summed E-state index contributed by atoms with van der Waals surface area (Å²) in [6, 6.07) is 6.26. The molecule has 2 aromatic rings. The van der Waals surface area contributed by atoms with Crippen molar-refractivity contribution in [3.63, 3.8) is 0 Å². The van der Waals surface area contributed by atoms with Crippen LogP contribution in [0.5, 0.6) is 0 Å². The second kappa shape index (κ2) is 4.25. The third-order valence-electron chi connectivity index (χ3n) is 3.04. The van der Waals surface area contributed by atoms with Gasteiger partial charge in [0.2, 0.25) is 0 Å². The van der Waals surface area contributed by atoms with E-state index in [1.807, 2.05) is 4.57 Å². The fourth-order valence-corrected chi connectivity index (χ4v) is 2.25. The van der Waals surface area contributed by atoms with Crippen LogP contribution in [0.4, 0.5) is 10.2 Å². The van der Waals surface area contributed by atoms with Crippen LogP contribution in [0, 0.1) is 5.82 Å². The fourth-order valence-electron chi connectivity index (χ4n) is 2.25. The van der Waals surface area contributed by atoms with Gasteiger partial charge in [-0.2, -0.15) is 0 Å². The van der Waals surface area contributed by atoms with Gasteiger partial charge in [0.25, 0.3) is 0 Å². The number of halogens is 1. The van der Waals surface area contributed by atoms with Gasteiger partial charge in [-0.3, -0.25) is 4.79 Å². The molecule has 0 amide bonds. The highest BCUT2D eigenvalue weighted by Crippen LogP contribution is 2.28. The van der Waals surface area contributed by atoms with E-state index in [1.54, 1.807) is 12.1 Å². The molecule has 2 heterocycles. The van der Waals surface area contributed by atoms with E-state index in [2.05, 4.69) is 10.3 Å². The Balaban J connectivity index is 2.17. The molecule has 92 valence electrons. The van der Waals surface area contributed by atoms with Crippen LogP contribution in [0.1, 0.15) is 16.9 Å². The second-order valence-electron chi connectivity index (χ2n) is 4.23. The standard InChI is InChI=1S/C13H12FN3O/c14-10-4-1-3-9(7-10)12-16-11(8-18)13-15-5-2-6-17(12)13/h1,3-4,7-8,15H,2,5-6H2. The number of carbonyl (C=O) groups is 1. The van der Waals surface area contributed by atoms with Crippen LogP contribution in [0.25, 0.3) is 11.4 Å². The Morgan fingerprint density at radius 3 is 3.11 bits per heavy atom. The molecule has 5 heteroatoms. The maximum Gasteiger partial charge on any atom is 0.172 e. The number of nitrogens with zero attached hydrogens (tertiary/aromatic N) is 2. The van der Waals surface area contributed by atoms with Crippen molar-refractivity contribution in [1.82, 2.24) is 9.55 Å². The summed E-state index contributed by atoms with van der Waals surface area (Å²) in [5.74, 6) is 1.07. The van der Waals surface area contributed by atoms with E-state index < -0.39 is 0 Å². The van der Waals surface area contributed by atoms with E-state index in [0.29, 0.717) is 17.1 Å². The number of aromatic nitrogens is 2. The number of anilines is 1. The summed E-state index contributed by atoms with van der Waals surface area (Å²) in [7, 11) is 0. The largest absolute Gasteiger partial charge is 0.369 e. The fraction of sp³-hybridized carbons (Fsp3) is 0.231. The van der Waals surface area contributed by atoms with Crippen LogP contribution in [0.2, 0.25) is 0 Å². The van der Waals surface area contributed by atoms with Gasteiger partial charge in [-0.1, -0.05) is 12.1 Å². The smallest absolute Gasteiger partial charge is 0.172 e. The molecule has 0 aliphatic carbocycles. The average Bonchev–Trinajstić information content (AvgIpc) is 2.77. The Bertz CT molecular complexity index is 606. The predicted octanol–water partition coefficient (Wildman–Crippen LogP) is 2.32. The monoisotopic (exact) mass is 245 g/mol. The van der Waals surface area contributed by atoms with Crippen LogP contribution in [-0.4, -0.2) is 22.4 Å². The van der Waals surface area contributed by atoms with Crippen molar-refractivity contribution in [3.8, 4) is 11.4 Å². The van der Waals surface area contributed by atoms with Gasteiger partial charge in [-0.05, 0) is 18.6 Å². The molecule has 0 saturated heterocycles. The molecule has 1 N–H and O–H groups in total. The van der Waals surface area contributed by atoms with Gasteiger partial charge in [0.05, 0.1) is 0 Å². The van der Waals surface area contributed by atoms with E-state index in [9.17, 15) is 9.18 Å². The van der Waals surface area contributed by atoms with Gasteiger partial charge in [0, 0.05) is 18.7 Å². The van der Waals surface area contributed by atoms with E-state index >= 15 is 0 Å². The van der Waals surface area contributed by atoms with Gasteiger partial charge in [-0.15, -0.1) is 0 Å². The molecule has 1 aliphatic heterocycles. The third-order valence-corrected chi connectivity index (χ3v) is 3.04. The molecular formula is C13H12FN3O. The molecule has 0 atom stereocenters. The van der Waals surface area contributed by atoms with Crippen molar-refractivity contribution in [2.75, 3.05) is 11.9 Å². The zero-order valence-corrected chi connectivity index (χ0v) is 9.69. The van der Waals surface area contributed by atoms with Crippen molar-refractivity contribution >= 4 is 12.1 Å². The number of fused-ring (bicyclic) bond motifs is 1. The number of aldehydes is 1. The normalized spacial score (nSPS) is 13.8. The summed E-state index contributed by atoms with van der Waals surface area (Å²) < 4.78 is 15.2. The lowest BCUT2D eigenvalue weighted by Crippen LogP contribution is -2.18. The summed E-state index contributed by atoms with van der Waals surface area (Å²) in [5.41, 5.74) is 1.07. The molecule has 3 rings (SSSR count). The Kier molecular flexibility index (Phi) is 2.59. The zero-order valence-electron chi connectivity index (χ0n) is 9.69. The summed E-state index contributed by atoms with van der Waals surface area (Å²) in [6.45, 7) is 1.62. The number of carbonyl (C=O) groups excluding carboxylic acids is 1. The first-order valence-corrected chi connectivity index (χ1v) is 5.85. The van der Waals surface area contributed by atoms with Crippen molar-refractivity contribution in [1.29, 1.82) is 0 Å². The van der Waals surface area contributed by atoms with Crippen molar-refractivity contribution < 1.29 is 9.18 Å². The Labute approximate surface area is 103 Å². The molecule has 0 fully saturated rings. The number of rotatable bonds is 2. The molecular weight excluding hydrogens is 233 g/mol. The topological polar surface area (TPSA) is 46.9 Å². The Morgan fingerprint density at radius 1 is 1.44 bits per heavy atom. The van der Waals surface area contributed by atoms with Gasteiger partial charge in [0.1, 0.15) is 23.2 Å². The SMILES string of the molecule is O=Cc1nc(-c2cccc(F)c2)n2c1NCCC2. The van der Waals surface area contributed by atoms with Gasteiger partial charge >= 0.3 is 0 Å². The highest BCUT2D eigenvalue weighted by Gasteiger charge is 2.20. The number of hydrogen-bond donors (Lipinski definition) is 1. The van der Waals surface area contributed by atoms with E-state index in [-0.39, 0.29) is 5.82 Å². The number of imidazole rings is 1. The molecule has 4 nitrogen and oxygen atoms in total. The summed E-state index contributed by atoms with van der Waals surface area (Å²) in [6.07, 6.45) is 1.69. The molecule has 1 aromatic carbocycles. The first-order chi connectivity index (χ1) is 8.79. The minimum Gasteiger partial charge on any atom is -0.369 e. The van der Waals surface area contributed by atoms with Crippen LogP contribution < -0.4 is 5.32 Å². The minimum absolute atomic E-state index is 0.304. The Morgan fingerprint density at radius 2 is 2.33 bits per heavy atom. The summed E-state index contributed by atoms with van der Waals surface area (Å²) in [5, 5.41) is 3.16. The first kappa shape index (κ1) is 11.0. The van der Waals surface area contributed by atoms with Crippen molar-refractivity contribution in [2.45, 2.75) is 13.0 Å². The lowest BCUT2D eigenvalue weighted by atomic mass is 10.2. The zero-order chi connectivity index (χ0) is 12.5. The quantitative estimate of drug-likeness (QED) is 0.826. The molecule has 0 unspecified atom stereocenters. The average molecular weight is 245 g/mol. The second-order valence-corrected chi connectivity index (χ2v) is 4.23. The third kappa shape index (κ3) is 1.68. The molecule has 1 aliphatic rings. The molecule has 0 spiro atoms. The number of benzene rings is 1. The summed E-state index contributed by atoms with van der Waals surface area (Å²) >= 11 is 0. The Hall–Kier alpha value is -2.17. The molecule has 0 bridgehead atoms. The lowest BCUT2D eigenvalue weighted by molar-refractivity contribution is 0.112. The molecule has 0 saturated carbocycles.